The maximum absolute atomic E-state index is 9.23. The van der Waals surface area contributed by atoms with Crippen molar-refractivity contribution in [2.75, 3.05) is 32.1 Å². The van der Waals surface area contributed by atoms with Gasteiger partial charge in [0, 0.05) is 19.1 Å². The number of nitriles is 1. The first-order chi connectivity index (χ1) is 8.61. The highest BCUT2D eigenvalue weighted by atomic mass is 15.2. The Hall–Kier alpha value is -1.53. The van der Waals surface area contributed by atoms with Crippen molar-refractivity contribution in [3.05, 3.63) is 29.3 Å². The number of rotatable bonds is 2. The molecule has 96 valence electrons. The van der Waals surface area contributed by atoms with Crippen LogP contribution in [0.5, 0.6) is 0 Å². The second-order valence-corrected chi connectivity index (χ2v) is 5.31. The average molecular weight is 243 g/mol. The highest BCUT2D eigenvalue weighted by Gasteiger charge is 2.22. The third kappa shape index (κ3) is 2.65. The third-order valence-electron chi connectivity index (χ3n) is 3.81. The molecule has 0 saturated carbocycles. The van der Waals surface area contributed by atoms with Gasteiger partial charge in [-0.15, -0.1) is 0 Å². The minimum absolute atomic E-state index is 0.678. The molecule has 3 heteroatoms. The predicted octanol–water partition coefficient (Wildman–Crippen LogP) is 2.40. The molecule has 0 amide bonds. The van der Waals surface area contributed by atoms with Crippen LogP contribution in [0.2, 0.25) is 0 Å². The fourth-order valence-electron chi connectivity index (χ4n) is 2.64. The van der Waals surface area contributed by atoms with Gasteiger partial charge in [-0.25, -0.2) is 0 Å². The summed E-state index contributed by atoms with van der Waals surface area (Å²) in [6.45, 7) is 4.12. The van der Waals surface area contributed by atoms with E-state index in [0.29, 0.717) is 6.04 Å². The first kappa shape index (κ1) is 12.9. The van der Waals surface area contributed by atoms with Crippen LogP contribution >= 0.6 is 0 Å². The second kappa shape index (κ2) is 5.41. The van der Waals surface area contributed by atoms with Crippen molar-refractivity contribution in [3.8, 4) is 6.07 Å². The van der Waals surface area contributed by atoms with Crippen molar-refractivity contribution in [1.82, 2.24) is 4.90 Å². The van der Waals surface area contributed by atoms with Gasteiger partial charge in [-0.1, -0.05) is 6.07 Å². The number of nitrogens with zero attached hydrogens (tertiary/aromatic N) is 3. The molecule has 0 atom stereocenters. The van der Waals surface area contributed by atoms with E-state index in [4.69, 9.17) is 0 Å². The van der Waals surface area contributed by atoms with Crippen LogP contribution < -0.4 is 4.90 Å². The highest BCUT2D eigenvalue weighted by molar-refractivity contribution is 5.60. The Bertz CT molecular complexity index is 451. The molecule has 0 N–H and O–H groups in total. The van der Waals surface area contributed by atoms with Crippen molar-refractivity contribution in [1.29, 1.82) is 5.26 Å². The van der Waals surface area contributed by atoms with E-state index < -0.39 is 0 Å². The Morgan fingerprint density at radius 1 is 1.28 bits per heavy atom. The Balaban J connectivity index is 2.13. The molecule has 1 aromatic carbocycles. The topological polar surface area (TPSA) is 30.3 Å². The van der Waals surface area contributed by atoms with Crippen LogP contribution in [-0.4, -0.2) is 38.1 Å². The van der Waals surface area contributed by atoms with Gasteiger partial charge < -0.3 is 9.80 Å². The van der Waals surface area contributed by atoms with Gasteiger partial charge in [-0.3, -0.25) is 0 Å². The summed E-state index contributed by atoms with van der Waals surface area (Å²) < 4.78 is 0. The molecule has 3 nitrogen and oxygen atoms in total. The first-order valence-corrected chi connectivity index (χ1v) is 6.54. The minimum atomic E-state index is 0.678. The molecule has 2 rings (SSSR count). The molecule has 1 aliphatic rings. The van der Waals surface area contributed by atoms with Gasteiger partial charge in [0.25, 0.3) is 0 Å². The van der Waals surface area contributed by atoms with Gasteiger partial charge in [0.15, 0.2) is 0 Å². The van der Waals surface area contributed by atoms with Gasteiger partial charge in [-0.2, -0.15) is 5.26 Å². The third-order valence-corrected chi connectivity index (χ3v) is 3.81. The van der Waals surface area contributed by atoms with E-state index in [2.05, 4.69) is 42.1 Å². The standard InChI is InChI=1S/C15H21N3/c1-12-4-5-15(13(10-12)11-16)18-8-6-14(7-9-18)17(2)3/h4-5,10,14H,6-9H2,1-3H3. The average Bonchev–Trinajstić information content (AvgIpc) is 2.38. The van der Waals surface area contributed by atoms with Crippen LogP contribution in [-0.2, 0) is 0 Å². The molecular weight excluding hydrogens is 222 g/mol. The molecule has 1 aliphatic heterocycles. The first-order valence-electron chi connectivity index (χ1n) is 6.54. The molecule has 0 bridgehead atoms. The van der Waals surface area contributed by atoms with Gasteiger partial charge in [-0.05, 0) is 51.6 Å². The van der Waals surface area contributed by atoms with Gasteiger partial charge in [0.1, 0.15) is 6.07 Å². The highest BCUT2D eigenvalue weighted by Crippen LogP contribution is 2.25. The van der Waals surface area contributed by atoms with Gasteiger partial charge in [0.2, 0.25) is 0 Å². The quantitative estimate of drug-likeness (QED) is 0.799. The lowest BCUT2D eigenvalue weighted by Gasteiger charge is -2.36. The van der Waals surface area contributed by atoms with Crippen LogP contribution in [0.25, 0.3) is 0 Å². The summed E-state index contributed by atoms with van der Waals surface area (Å²) in [5.41, 5.74) is 3.05. The Morgan fingerprint density at radius 3 is 2.50 bits per heavy atom. The lowest BCUT2D eigenvalue weighted by atomic mass is 10.0. The zero-order chi connectivity index (χ0) is 13.1. The summed E-state index contributed by atoms with van der Waals surface area (Å²) in [4.78, 5) is 4.65. The minimum Gasteiger partial charge on any atom is -0.370 e. The van der Waals surface area contributed by atoms with Gasteiger partial charge >= 0.3 is 0 Å². The van der Waals surface area contributed by atoms with E-state index in [1.54, 1.807) is 0 Å². The predicted molar refractivity (Wildman–Crippen MR) is 74.8 cm³/mol. The summed E-state index contributed by atoms with van der Waals surface area (Å²) in [5, 5.41) is 9.23. The van der Waals surface area contributed by atoms with E-state index in [9.17, 15) is 5.26 Å². The van der Waals surface area contributed by atoms with Crippen LogP contribution in [0, 0.1) is 18.3 Å². The Labute approximate surface area is 110 Å². The normalized spacial score (nSPS) is 16.9. The van der Waals surface area contributed by atoms with E-state index >= 15 is 0 Å². The lowest BCUT2D eigenvalue weighted by Crippen LogP contribution is -2.42. The summed E-state index contributed by atoms with van der Waals surface area (Å²) in [5.74, 6) is 0. The van der Waals surface area contributed by atoms with Crippen LogP contribution in [0.3, 0.4) is 0 Å². The van der Waals surface area contributed by atoms with E-state index in [-0.39, 0.29) is 0 Å². The van der Waals surface area contributed by atoms with Crippen molar-refractivity contribution in [2.24, 2.45) is 0 Å². The summed E-state index contributed by atoms with van der Waals surface area (Å²) in [6.07, 6.45) is 2.34. The van der Waals surface area contributed by atoms with Crippen molar-refractivity contribution in [3.63, 3.8) is 0 Å². The smallest absolute Gasteiger partial charge is 0.101 e. The molecule has 18 heavy (non-hydrogen) atoms. The van der Waals surface area contributed by atoms with Crippen molar-refractivity contribution in [2.45, 2.75) is 25.8 Å². The number of piperidine rings is 1. The van der Waals surface area contributed by atoms with E-state index in [1.807, 2.05) is 13.0 Å². The van der Waals surface area contributed by atoms with Gasteiger partial charge in [0.05, 0.1) is 11.3 Å². The van der Waals surface area contributed by atoms with Crippen LogP contribution in [0.4, 0.5) is 5.69 Å². The summed E-state index contributed by atoms with van der Waals surface area (Å²) in [6, 6.07) is 9.15. The molecular formula is C15H21N3. The Morgan fingerprint density at radius 2 is 1.94 bits per heavy atom. The molecule has 1 aromatic rings. The van der Waals surface area contributed by atoms with Crippen LogP contribution in [0.15, 0.2) is 18.2 Å². The van der Waals surface area contributed by atoms with Crippen molar-refractivity contribution < 1.29 is 0 Å². The molecule has 1 heterocycles. The van der Waals surface area contributed by atoms with Crippen LogP contribution in [0.1, 0.15) is 24.0 Å². The van der Waals surface area contributed by atoms with Crippen molar-refractivity contribution >= 4 is 5.69 Å². The monoisotopic (exact) mass is 243 g/mol. The zero-order valence-electron chi connectivity index (χ0n) is 11.5. The fraction of sp³-hybridized carbons (Fsp3) is 0.533. The summed E-state index contributed by atoms with van der Waals surface area (Å²) in [7, 11) is 4.29. The molecule has 0 spiro atoms. The Kier molecular flexibility index (Phi) is 3.88. The molecule has 0 aliphatic carbocycles. The number of hydrogen-bond acceptors (Lipinski definition) is 3. The second-order valence-electron chi connectivity index (χ2n) is 5.31. The summed E-state index contributed by atoms with van der Waals surface area (Å²) >= 11 is 0. The molecule has 0 aromatic heterocycles. The number of aryl methyl sites for hydroxylation is 1. The largest absolute Gasteiger partial charge is 0.370 e. The maximum Gasteiger partial charge on any atom is 0.101 e. The molecule has 1 fully saturated rings. The number of anilines is 1. The number of hydrogen-bond donors (Lipinski definition) is 0. The zero-order valence-corrected chi connectivity index (χ0v) is 11.5. The fourth-order valence-corrected chi connectivity index (χ4v) is 2.64. The molecule has 1 saturated heterocycles. The molecule has 0 unspecified atom stereocenters. The molecule has 0 radical (unpaired) electrons. The lowest BCUT2D eigenvalue weighted by molar-refractivity contribution is 0.249. The SMILES string of the molecule is Cc1ccc(N2CCC(N(C)C)CC2)c(C#N)c1. The number of benzene rings is 1. The van der Waals surface area contributed by atoms with E-state index in [1.165, 1.54) is 12.8 Å². The van der Waals surface area contributed by atoms with E-state index in [0.717, 1.165) is 29.9 Å². The maximum atomic E-state index is 9.23.